The molecule has 1 aliphatic rings. The quantitative estimate of drug-likeness (QED) is 0.845. The van der Waals surface area contributed by atoms with Crippen LogP contribution < -0.4 is 4.74 Å². The molecule has 0 atom stereocenters. The summed E-state index contributed by atoms with van der Waals surface area (Å²) in [5.74, 6) is 0.773. The van der Waals surface area contributed by atoms with Crippen molar-refractivity contribution in [1.82, 2.24) is 9.80 Å². The molecule has 1 heterocycles. The number of ether oxygens (including phenoxy) is 1. The monoisotopic (exact) mass is 346 g/mol. The van der Waals surface area contributed by atoms with E-state index < -0.39 is 0 Å². The Balaban J connectivity index is 2.06. The maximum atomic E-state index is 13.0. The molecule has 5 heteroatoms. The molecule has 1 aromatic rings. The van der Waals surface area contributed by atoms with Crippen molar-refractivity contribution in [3.8, 4) is 5.75 Å². The van der Waals surface area contributed by atoms with Crippen LogP contribution in [0, 0.1) is 19.3 Å². The van der Waals surface area contributed by atoms with Gasteiger partial charge in [-0.3, -0.25) is 9.59 Å². The summed E-state index contributed by atoms with van der Waals surface area (Å²) in [6.45, 7) is 12.4. The molecule has 1 aliphatic heterocycles. The summed E-state index contributed by atoms with van der Waals surface area (Å²) in [4.78, 5) is 29.0. The minimum absolute atomic E-state index is 0.0164. The largest absolute Gasteiger partial charge is 0.496 e. The van der Waals surface area contributed by atoms with Crippen LogP contribution in [-0.2, 0) is 4.79 Å². The van der Waals surface area contributed by atoms with E-state index in [1.807, 2.05) is 35.8 Å². The number of hydrogen-bond donors (Lipinski definition) is 0. The fourth-order valence-corrected chi connectivity index (χ4v) is 3.25. The van der Waals surface area contributed by atoms with Gasteiger partial charge in [-0.2, -0.15) is 0 Å². The topological polar surface area (TPSA) is 49.9 Å². The van der Waals surface area contributed by atoms with Crippen LogP contribution in [0.25, 0.3) is 0 Å². The van der Waals surface area contributed by atoms with Crippen molar-refractivity contribution in [3.63, 3.8) is 0 Å². The van der Waals surface area contributed by atoms with E-state index in [1.165, 1.54) is 0 Å². The number of carbonyl (C=O) groups excluding carboxylic acids is 2. The minimum Gasteiger partial charge on any atom is -0.496 e. The molecule has 0 aromatic heterocycles. The Kier molecular flexibility index (Phi) is 5.76. The van der Waals surface area contributed by atoms with E-state index >= 15 is 0 Å². The van der Waals surface area contributed by atoms with Crippen molar-refractivity contribution in [2.45, 2.75) is 41.0 Å². The summed E-state index contributed by atoms with van der Waals surface area (Å²) < 4.78 is 5.42. The van der Waals surface area contributed by atoms with Crippen molar-refractivity contribution in [3.05, 3.63) is 28.8 Å². The zero-order chi connectivity index (χ0) is 18.8. The number of benzene rings is 1. The lowest BCUT2D eigenvalue weighted by Crippen LogP contribution is -2.51. The summed E-state index contributed by atoms with van der Waals surface area (Å²) in [5, 5.41) is 0. The average molecular weight is 346 g/mol. The van der Waals surface area contributed by atoms with Gasteiger partial charge in [0.2, 0.25) is 5.91 Å². The number of amides is 2. The Morgan fingerprint density at radius 1 is 1.04 bits per heavy atom. The Bertz CT molecular complexity index is 654. The van der Waals surface area contributed by atoms with Gasteiger partial charge in [0, 0.05) is 32.6 Å². The SMILES string of the molecule is COc1cc(C)cc(C)c1C(=O)N1CCN(C(=O)CC(C)(C)C)CC1. The van der Waals surface area contributed by atoms with Crippen LogP contribution in [0.1, 0.15) is 48.7 Å². The molecule has 138 valence electrons. The maximum Gasteiger partial charge on any atom is 0.258 e. The number of piperazine rings is 1. The Morgan fingerprint density at radius 3 is 2.12 bits per heavy atom. The predicted octanol–water partition coefficient (Wildman–Crippen LogP) is 3.03. The van der Waals surface area contributed by atoms with Gasteiger partial charge in [0.15, 0.2) is 0 Å². The lowest BCUT2D eigenvalue weighted by atomic mass is 9.91. The highest BCUT2D eigenvalue weighted by Crippen LogP contribution is 2.26. The lowest BCUT2D eigenvalue weighted by Gasteiger charge is -2.36. The number of rotatable bonds is 3. The first-order valence-corrected chi connectivity index (χ1v) is 8.84. The molecular formula is C20H30N2O3. The highest BCUT2D eigenvalue weighted by molar-refractivity contribution is 5.98. The number of carbonyl (C=O) groups is 2. The third kappa shape index (κ3) is 4.74. The molecule has 5 nitrogen and oxygen atoms in total. The standard InChI is InChI=1S/C20H30N2O3/c1-14-11-15(2)18(16(12-14)25-6)19(24)22-9-7-21(8-10-22)17(23)13-20(3,4)5/h11-12H,7-10,13H2,1-6H3. The van der Waals surface area contributed by atoms with E-state index in [0.717, 1.165) is 11.1 Å². The molecule has 1 aromatic carbocycles. The van der Waals surface area contributed by atoms with Gasteiger partial charge in [-0.25, -0.2) is 0 Å². The van der Waals surface area contributed by atoms with Crippen LogP contribution in [0.15, 0.2) is 12.1 Å². The molecule has 0 N–H and O–H groups in total. The number of hydrogen-bond acceptors (Lipinski definition) is 3. The zero-order valence-corrected chi connectivity index (χ0v) is 16.3. The number of nitrogens with zero attached hydrogens (tertiary/aromatic N) is 2. The normalized spacial score (nSPS) is 15.3. The highest BCUT2D eigenvalue weighted by atomic mass is 16.5. The van der Waals surface area contributed by atoms with Gasteiger partial charge in [0.05, 0.1) is 12.7 Å². The third-order valence-electron chi connectivity index (χ3n) is 4.48. The summed E-state index contributed by atoms with van der Waals surface area (Å²) in [7, 11) is 1.59. The van der Waals surface area contributed by atoms with E-state index in [2.05, 4.69) is 20.8 Å². The molecule has 0 unspecified atom stereocenters. The molecule has 1 saturated heterocycles. The Hall–Kier alpha value is -2.04. The van der Waals surface area contributed by atoms with Crippen LogP contribution in [0.4, 0.5) is 0 Å². The minimum atomic E-state index is -0.0174. The number of methoxy groups -OCH3 is 1. The molecule has 0 saturated carbocycles. The van der Waals surface area contributed by atoms with E-state index in [1.54, 1.807) is 7.11 Å². The average Bonchev–Trinajstić information content (AvgIpc) is 2.52. The summed E-state index contributed by atoms with van der Waals surface area (Å²) in [6, 6.07) is 3.89. The molecule has 0 radical (unpaired) electrons. The molecule has 0 spiro atoms. The molecule has 25 heavy (non-hydrogen) atoms. The maximum absolute atomic E-state index is 13.0. The molecule has 2 amide bonds. The van der Waals surface area contributed by atoms with Gasteiger partial charge in [0.1, 0.15) is 5.75 Å². The van der Waals surface area contributed by atoms with Crippen molar-refractivity contribution in [1.29, 1.82) is 0 Å². The first-order chi connectivity index (χ1) is 11.6. The van der Waals surface area contributed by atoms with Crippen LogP contribution >= 0.6 is 0 Å². The van der Waals surface area contributed by atoms with Crippen LogP contribution in [0.3, 0.4) is 0 Å². The second-order valence-electron chi connectivity index (χ2n) is 8.07. The van der Waals surface area contributed by atoms with Crippen molar-refractivity contribution >= 4 is 11.8 Å². The molecular weight excluding hydrogens is 316 g/mol. The fourth-order valence-electron chi connectivity index (χ4n) is 3.25. The zero-order valence-electron chi connectivity index (χ0n) is 16.3. The third-order valence-corrected chi connectivity index (χ3v) is 4.48. The van der Waals surface area contributed by atoms with Crippen LogP contribution in [0.5, 0.6) is 5.75 Å². The van der Waals surface area contributed by atoms with Gasteiger partial charge >= 0.3 is 0 Å². The lowest BCUT2D eigenvalue weighted by molar-refractivity contribution is -0.134. The Morgan fingerprint density at radius 2 is 1.60 bits per heavy atom. The summed E-state index contributed by atoms with van der Waals surface area (Å²) in [5.41, 5.74) is 2.61. The van der Waals surface area contributed by atoms with Gasteiger partial charge in [-0.05, 0) is 36.5 Å². The first-order valence-electron chi connectivity index (χ1n) is 8.84. The van der Waals surface area contributed by atoms with E-state index in [0.29, 0.717) is 43.9 Å². The van der Waals surface area contributed by atoms with E-state index in [-0.39, 0.29) is 17.2 Å². The van der Waals surface area contributed by atoms with Gasteiger partial charge in [-0.1, -0.05) is 26.8 Å². The van der Waals surface area contributed by atoms with E-state index in [4.69, 9.17) is 4.74 Å². The molecule has 2 rings (SSSR count). The predicted molar refractivity (Wildman–Crippen MR) is 99.0 cm³/mol. The fraction of sp³-hybridized carbons (Fsp3) is 0.600. The first kappa shape index (κ1) is 19.3. The second kappa shape index (κ2) is 7.46. The van der Waals surface area contributed by atoms with E-state index in [9.17, 15) is 9.59 Å². The van der Waals surface area contributed by atoms with Crippen molar-refractivity contribution < 1.29 is 14.3 Å². The van der Waals surface area contributed by atoms with Crippen LogP contribution in [-0.4, -0.2) is 54.9 Å². The van der Waals surface area contributed by atoms with Crippen molar-refractivity contribution in [2.24, 2.45) is 5.41 Å². The summed E-state index contributed by atoms with van der Waals surface area (Å²) in [6.07, 6.45) is 0.534. The molecule has 0 bridgehead atoms. The Labute approximate surface area is 150 Å². The van der Waals surface area contributed by atoms with Crippen molar-refractivity contribution in [2.75, 3.05) is 33.3 Å². The highest BCUT2D eigenvalue weighted by Gasteiger charge is 2.29. The van der Waals surface area contributed by atoms with Gasteiger partial charge < -0.3 is 14.5 Å². The molecule has 1 fully saturated rings. The van der Waals surface area contributed by atoms with Crippen LogP contribution in [0.2, 0.25) is 0 Å². The second-order valence-corrected chi connectivity index (χ2v) is 8.07. The smallest absolute Gasteiger partial charge is 0.258 e. The van der Waals surface area contributed by atoms with Gasteiger partial charge in [0.25, 0.3) is 5.91 Å². The molecule has 0 aliphatic carbocycles. The summed E-state index contributed by atoms with van der Waals surface area (Å²) >= 11 is 0. The van der Waals surface area contributed by atoms with Gasteiger partial charge in [-0.15, -0.1) is 0 Å². The number of aryl methyl sites for hydroxylation is 2.